The highest BCUT2D eigenvalue weighted by Crippen LogP contribution is 2.28. The van der Waals surface area contributed by atoms with Gasteiger partial charge in [0.05, 0.1) is 0 Å². The number of carboxylic acids is 1. The summed E-state index contributed by atoms with van der Waals surface area (Å²) in [6.45, 7) is 0. The number of rotatable bonds is 1. The van der Waals surface area contributed by atoms with Gasteiger partial charge < -0.3 is 10.4 Å². The number of hydrogen-bond acceptors (Lipinski definition) is 3. The van der Waals surface area contributed by atoms with E-state index in [9.17, 15) is 9.18 Å². The smallest absolute Gasteiger partial charge is 0.366 e. The van der Waals surface area contributed by atoms with E-state index in [-0.39, 0.29) is 0 Å². The summed E-state index contributed by atoms with van der Waals surface area (Å²) in [4.78, 5) is 14.4. The molecule has 1 aromatic heterocycles. The Morgan fingerprint density at radius 1 is 1.64 bits per heavy atom. The lowest BCUT2D eigenvalue weighted by Gasteiger charge is -2.24. The Morgan fingerprint density at radius 2 is 2.43 bits per heavy atom. The molecule has 0 spiro atoms. The molecule has 2 rings (SSSR count). The van der Waals surface area contributed by atoms with Gasteiger partial charge in [0.1, 0.15) is 0 Å². The van der Waals surface area contributed by atoms with Gasteiger partial charge in [-0.15, -0.1) is 0 Å². The zero-order chi connectivity index (χ0) is 10.2. The molecular formula is C9H7FN2O2. The van der Waals surface area contributed by atoms with Crippen molar-refractivity contribution in [2.45, 2.75) is 5.79 Å². The van der Waals surface area contributed by atoms with Gasteiger partial charge in [-0.2, -0.15) is 0 Å². The molecule has 5 heteroatoms. The van der Waals surface area contributed by atoms with E-state index in [2.05, 4.69) is 10.3 Å². The van der Waals surface area contributed by atoms with E-state index in [1.165, 1.54) is 24.5 Å². The van der Waals surface area contributed by atoms with Crippen LogP contribution in [0, 0.1) is 0 Å². The van der Waals surface area contributed by atoms with Crippen LogP contribution in [0.3, 0.4) is 0 Å². The molecule has 0 aliphatic carbocycles. The van der Waals surface area contributed by atoms with Gasteiger partial charge in [-0.3, -0.25) is 4.98 Å². The zero-order valence-corrected chi connectivity index (χ0v) is 7.07. The minimum atomic E-state index is -2.52. The predicted molar refractivity (Wildman–Crippen MR) is 48.4 cm³/mol. The number of aromatic nitrogens is 1. The lowest BCUT2D eigenvalue weighted by molar-refractivity contribution is -0.145. The number of anilines is 1. The van der Waals surface area contributed by atoms with E-state index >= 15 is 0 Å². The molecule has 1 atom stereocenters. The topological polar surface area (TPSA) is 62.2 Å². The van der Waals surface area contributed by atoms with Crippen LogP contribution in [0.4, 0.5) is 10.1 Å². The summed E-state index contributed by atoms with van der Waals surface area (Å²) in [6.07, 6.45) is 5.35. The van der Waals surface area contributed by atoms with Crippen LogP contribution in [0.25, 0.3) is 6.08 Å². The molecule has 1 aliphatic rings. The second-order valence-corrected chi connectivity index (χ2v) is 2.94. The third kappa shape index (κ3) is 1.22. The van der Waals surface area contributed by atoms with Gasteiger partial charge in [0.15, 0.2) is 0 Å². The number of aliphatic carboxylic acids is 1. The Hall–Kier alpha value is -1.91. The van der Waals surface area contributed by atoms with Gasteiger partial charge in [-0.1, -0.05) is 0 Å². The standard InChI is InChI=1S/C9H7FN2O2/c10-9(8(13)14)3-1-6-5-11-4-2-7(6)12-9/h1-5,12H,(H,13,14). The minimum Gasteiger partial charge on any atom is -0.477 e. The molecule has 14 heavy (non-hydrogen) atoms. The van der Waals surface area contributed by atoms with Gasteiger partial charge in [-0.25, -0.2) is 9.18 Å². The van der Waals surface area contributed by atoms with Gasteiger partial charge >= 0.3 is 5.97 Å². The van der Waals surface area contributed by atoms with Crippen molar-refractivity contribution < 1.29 is 14.3 Å². The quantitative estimate of drug-likeness (QED) is 0.661. The van der Waals surface area contributed by atoms with Crippen LogP contribution in [-0.2, 0) is 4.79 Å². The SMILES string of the molecule is O=C(O)C1(F)C=Cc2cnccc2N1. The lowest BCUT2D eigenvalue weighted by atomic mass is 10.1. The summed E-state index contributed by atoms with van der Waals surface area (Å²) in [5, 5.41) is 10.9. The van der Waals surface area contributed by atoms with Gasteiger partial charge in [0, 0.05) is 23.6 Å². The first-order valence-electron chi connectivity index (χ1n) is 3.95. The van der Waals surface area contributed by atoms with E-state index in [0.29, 0.717) is 11.3 Å². The Bertz CT molecular complexity index is 419. The first-order chi connectivity index (χ1) is 6.62. The highest BCUT2D eigenvalue weighted by atomic mass is 19.1. The van der Waals surface area contributed by atoms with Crippen LogP contribution >= 0.6 is 0 Å². The average molecular weight is 194 g/mol. The van der Waals surface area contributed by atoms with E-state index in [4.69, 9.17) is 5.11 Å². The number of halogens is 1. The van der Waals surface area contributed by atoms with Crippen LogP contribution in [0.5, 0.6) is 0 Å². The summed E-state index contributed by atoms with van der Waals surface area (Å²) in [5.74, 6) is -4.08. The minimum absolute atomic E-state index is 0.424. The van der Waals surface area contributed by atoms with Gasteiger partial charge in [-0.05, 0) is 18.2 Å². The molecule has 0 fully saturated rings. The monoisotopic (exact) mass is 194 g/mol. The second kappa shape index (κ2) is 2.80. The van der Waals surface area contributed by atoms with Crippen molar-refractivity contribution in [1.82, 2.24) is 4.98 Å². The number of pyridine rings is 1. The van der Waals surface area contributed by atoms with E-state index in [1.807, 2.05) is 0 Å². The molecule has 0 amide bonds. The zero-order valence-electron chi connectivity index (χ0n) is 7.07. The summed E-state index contributed by atoms with van der Waals surface area (Å²) in [5.41, 5.74) is 1.09. The molecule has 2 N–H and O–H groups in total. The molecule has 4 nitrogen and oxygen atoms in total. The van der Waals surface area contributed by atoms with Crippen molar-refractivity contribution in [3.63, 3.8) is 0 Å². The molecule has 0 aromatic carbocycles. The highest BCUT2D eigenvalue weighted by molar-refractivity contribution is 5.88. The third-order valence-electron chi connectivity index (χ3n) is 1.97. The van der Waals surface area contributed by atoms with Crippen molar-refractivity contribution in [2.75, 3.05) is 5.32 Å². The summed E-state index contributed by atoms with van der Waals surface area (Å²) >= 11 is 0. The summed E-state index contributed by atoms with van der Waals surface area (Å²) in [7, 11) is 0. The Labute approximate surface area is 79.1 Å². The molecule has 1 unspecified atom stereocenters. The van der Waals surface area contributed by atoms with Crippen molar-refractivity contribution in [1.29, 1.82) is 0 Å². The first kappa shape index (κ1) is 8.68. The highest BCUT2D eigenvalue weighted by Gasteiger charge is 2.38. The first-order valence-corrected chi connectivity index (χ1v) is 3.95. The normalized spacial score (nSPS) is 23.8. The van der Waals surface area contributed by atoms with Crippen LogP contribution in [-0.4, -0.2) is 21.9 Å². The fraction of sp³-hybridized carbons (Fsp3) is 0.111. The summed E-state index contributed by atoms with van der Waals surface area (Å²) < 4.78 is 13.6. The number of nitrogens with zero attached hydrogens (tertiary/aromatic N) is 1. The number of hydrogen-bond donors (Lipinski definition) is 2. The van der Waals surface area contributed by atoms with Gasteiger partial charge in [0.2, 0.25) is 0 Å². The summed E-state index contributed by atoms with van der Waals surface area (Å²) in [6, 6.07) is 1.52. The molecule has 72 valence electrons. The molecule has 0 bridgehead atoms. The molecular weight excluding hydrogens is 187 g/mol. The van der Waals surface area contributed by atoms with Gasteiger partial charge in [0.25, 0.3) is 5.79 Å². The largest absolute Gasteiger partial charge is 0.477 e. The maximum atomic E-state index is 13.6. The maximum absolute atomic E-state index is 13.6. The average Bonchev–Trinajstić information content (AvgIpc) is 2.17. The van der Waals surface area contributed by atoms with Crippen molar-refractivity contribution in [3.8, 4) is 0 Å². The molecule has 0 radical (unpaired) electrons. The second-order valence-electron chi connectivity index (χ2n) is 2.94. The van der Waals surface area contributed by atoms with E-state index < -0.39 is 11.8 Å². The molecule has 0 saturated heterocycles. The lowest BCUT2D eigenvalue weighted by Crippen LogP contribution is -2.41. The van der Waals surface area contributed by atoms with E-state index in [1.54, 1.807) is 0 Å². The Balaban J connectivity index is 2.43. The number of carboxylic acid groups (broad SMARTS) is 1. The van der Waals surface area contributed by atoms with Crippen LogP contribution in [0.1, 0.15) is 5.56 Å². The maximum Gasteiger partial charge on any atom is 0.366 e. The predicted octanol–water partition coefficient (Wildman–Crippen LogP) is 1.27. The van der Waals surface area contributed by atoms with Crippen molar-refractivity contribution in [2.24, 2.45) is 0 Å². The fourth-order valence-electron chi connectivity index (χ4n) is 1.22. The molecule has 2 heterocycles. The van der Waals surface area contributed by atoms with Crippen LogP contribution in [0.2, 0.25) is 0 Å². The van der Waals surface area contributed by atoms with Crippen LogP contribution < -0.4 is 5.32 Å². The number of carbonyl (C=O) groups is 1. The molecule has 1 aromatic rings. The third-order valence-corrected chi connectivity index (χ3v) is 1.97. The van der Waals surface area contributed by atoms with Crippen molar-refractivity contribution in [3.05, 3.63) is 30.1 Å². The molecule has 1 aliphatic heterocycles. The Kier molecular flexibility index (Phi) is 1.73. The van der Waals surface area contributed by atoms with E-state index in [0.717, 1.165) is 6.08 Å². The number of alkyl halides is 1. The number of nitrogens with one attached hydrogen (secondary N) is 1. The number of fused-ring (bicyclic) bond motifs is 1. The fourth-order valence-corrected chi connectivity index (χ4v) is 1.22. The molecule has 0 saturated carbocycles. The van der Waals surface area contributed by atoms with Crippen LogP contribution in [0.15, 0.2) is 24.5 Å². The van der Waals surface area contributed by atoms with Crippen molar-refractivity contribution >= 4 is 17.7 Å². The Morgan fingerprint density at radius 3 is 3.14 bits per heavy atom.